The number of aromatic nitrogens is 3. The van der Waals surface area contributed by atoms with Crippen molar-refractivity contribution < 1.29 is 55.3 Å². The number of halogens is 7. The van der Waals surface area contributed by atoms with E-state index in [-0.39, 0.29) is 58.2 Å². The first kappa shape index (κ1) is 49.2. The Morgan fingerprint density at radius 2 is 1.63 bits per heavy atom. The number of hydrazone groups is 1. The molecule has 1 aliphatic rings. The van der Waals surface area contributed by atoms with Gasteiger partial charge in [-0.25, -0.2) is 32.8 Å². The molecular weight excluding hydrogens is 907 g/mol. The number of sulfone groups is 1. The average Bonchev–Trinajstić information content (AvgIpc) is 3.63. The van der Waals surface area contributed by atoms with Gasteiger partial charge in [0, 0.05) is 36.0 Å². The molecule has 60 heavy (non-hydrogen) atoms. The van der Waals surface area contributed by atoms with E-state index < -0.39 is 66.8 Å². The number of esters is 2. The second-order valence-electron chi connectivity index (χ2n) is 12.6. The molecule has 0 saturated heterocycles. The quantitative estimate of drug-likeness (QED) is 0.0892. The van der Waals surface area contributed by atoms with Crippen molar-refractivity contribution in [2.75, 3.05) is 30.2 Å². The highest BCUT2D eigenvalue weighted by Crippen LogP contribution is 2.39. The van der Waals surface area contributed by atoms with Gasteiger partial charge in [0.05, 0.1) is 45.1 Å². The van der Waals surface area contributed by atoms with Crippen LogP contribution in [0, 0.1) is 6.92 Å². The molecule has 2 aromatic heterocycles. The summed E-state index contributed by atoms with van der Waals surface area (Å²) in [6.07, 6.45) is -4.01. The molecule has 0 spiro atoms. The van der Waals surface area contributed by atoms with Gasteiger partial charge in [-0.1, -0.05) is 46.4 Å². The van der Waals surface area contributed by atoms with E-state index in [2.05, 4.69) is 15.2 Å². The Bertz CT molecular complexity index is 2550. The number of alkyl halides is 3. The molecule has 0 saturated carbocycles. The van der Waals surface area contributed by atoms with E-state index in [1.807, 2.05) is 0 Å². The summed E-state index contributed by atoms with van der Waals surface area (Å²) in [6.45, 7) is 6.92. The Balaban J connectivity index is 0.000000254. The van der Waals surface area contributed by atoms with Gasteiger partial charge in [0.1, 0.15) is 16.4 Å². The number of nitrogens with zero attached hydrogens (tertiary/aromatic N) is 4. The fourth-order valence-electron chi connectivity index (χ4n) is 5.35. The second-order valence-corrected chi connectivity index (χ2v) is 16.2. The number of carboxylic acid groups (broad SMARTS) is 1. The van der Waals surface area contributed by atoms with Crippen LogP contribution < -0.4 is 16.3 Å². The van der Waals surface area contributed by atoms with Crippen LogP contribution in [0.1, 0.15) is 64.9 Å². The van der Waals surface area contributed by atoms with Crippen LogP contribution in [0.15, 0.2) is 57.3 Å². The predicted molar refractivity (Wildman–Crippen MR) is 217 cm³/mol. The van der Waals surface area contributed by atoms with Crippen molar-refractivity contribution in [3.63, 3.8) is 0 Å². The molecule has 1 atom stereocenters. The van der Waals surface area contributed by atoms with Gasteiger partial charge in [0.2, 0.25) is 5.78 Å². The molecule has 1 unspecified atom stereocenters. The van der Waals surface area contributed by atoms with Crippen LogP contribution in [-0.4, -0.2) is 82.7 Å². The van der Waals surface area contributed by atoms with Crippen molar-refractivity contribution in [1.29, 1.82) is 0 Å². The monoisotopic (exact) mass is 940 g/mol. The molecule has 0 radical (unpaired) electrons. The highest BCUT2D eigenvalue weighted by molar-refractivity contribution is 7.90. The molecule has 4 aromatic rings. The van der Waals surface area contributed by atoms with Crippen LogP contribution in [0.3, 0.4) is 0 Å². The fraction of sp³-hybridized carbons (Fsp3) is 0.306. The Kier molecular flexibility index (Phi) is 16.0. The van der Waals surface area contributed by atoms with Crippen LogP contribution in [-0.2, 0) is 42.1 Å². The van der Waals surface area contributed by atoms with E-state index in [1.54, 1.807) is 39.0 Å². The van der Waals surface area contributed by atoms with Gasteiger partial charge in [-0.15, -0.1) is 0 Å². The van der Waals surface area contributed by atoms with Gasteiger partial charge < -0.3 is 20.3 Å². The molecule has 0 bridgehead atoms. The zero-order valence-corrected chi connectivity index (χ0v) is 36.0. The molecule has 4 N–H and O–H groups in total. The van der Waals surface area contributed by atoms with E-state index in [0.717, 1.165) is 10.7 Å². The van der Waals surface area contributed by atoms with Crippen LogP contribution in [0.2, 0.25) is 20.2 Å². The molecular formula is C36H35Cl4F3N6O10S. The number of nitrogen functional groups attached to an aromatic ring is 1. The molecule has 324 valence electrons. The summed E-state index contributed by atoms with van der Waals surface area (Å²) < 4.78 is 73.2. The summed E-state index contributed by atoms with van der Waals surface area (Å²) in [4.78, 5) is 62.2. The molecule has 0 aliphatic carbocycles. The minimum absolute atomic E-state index is 0.00861. The molecule has 0 amide bonds. The van der Waals surface area contributed by atoms with Gasteiger partial charge in [0.25, 0.3) is 5.56 Å². The number of H-pyrrole nitrogens is 1. The number of aromatic amines is 1. The van der Waals surface area contributed by atoms with E-state index in [9.17, 15) is 45.6 Å². The number of carbonyl (C=O) groups excluding carboxylic acids is 3. The SMILES string of the molecule is CCOC(=O)C1=NN(c2ccc(Cl)cc2Cl)C(C)(C(=O)OCC)C1.Cc1[nH]n(C)c(=O)c1C(=O)c1ccc(C(F)(F)F)cc1S(C)(=O)=O.Nc1cc(Cl)nc(C(=O)O)c1Cl. The lowest BCUT2D eigenvalue weighted by atomic mass is 9.95. The van der Waals surface area contributed by atoms with Crippen LogP contribution in [0.25, 0.3) is 0 Å². The van der Waals surface area contributed by atoms with Crippen molar-refractivity contribution >= 4 is 97.0 Å². The van der Waals surface area contributed by atoms with Crippen molar-refractivity contribution in [2.24, 2.45) is 12.1 Å². The second kappa shape index (κ2) is 19.5. The molecule has 16 nitrogen and oxygen atoms in total. The fourth-order valence-corrected chi connectivity index (χ4v) is 7.12. The number of aromatic carboxylic acids is 1. The number of aryl methyl sites for hydroxylation is 2. The van der Waals surface area contributed by atoms with Crippen LogP contribution >= 0.6 is 46.4 Å². The number of nitrogens with two attached hydrogens (primary N) is 1. The third-order valence-corrected chi connectivity index (χ3v) is 10.4. The number of carboxylic acids is 1. The lowest BCUT2D eigenvalue weighted by molar-refractivity contribution is -0.148. The highest BCUT2D eigenvalue weighted by atomic mass is 35.5. The van der Waals surface area contributed by atoms with Crippen molar-refractivity contribution in [1.82, 2.24) is 14.8 Å². The summed E-state index contributed by atoms with van der Waals surface area (Å²) in [5, 5.41) is 17.5. The van der Waals surface area contributed by atoms with Gasteiger partial charge in [-0.3, -0.25) is 19.4 Å². The molecule has 1 aliphatic heterocycles. The Labute approximate surface area is 359 Å². The maximum atomic E-state index is 12.8. The first-order chi connectivity index (χ1) is 27.7. The van der Waals surface area contributed by atoms with E-state index in [1.165, 1.54) is 25.0 Å². The number of ketones is 1. The first-order valence-electron chi connectivity index (χ1n) is 16.9. The number of rotatable bonds is 9. The van der Waals surface area contributed by atoms with E-state index in [4.69, 9.17) is 66.7 Å². The molecule has 3 heterocycles. The first-order valence-corrected chi connectivity index (χ1v) is 20.3. The van der Waals surface area contributed by atoms with Gasteiger partial charge in [-0.2, -0.15) is 18.3 Å². The van der Waals surface area contributed by atoms with Gasteiger partial charge in [-0.05, 0) is 70.2 Å². The third kappa shape index (κ3) is 11.4. The van der Waals surface area contributed by atoms with Gasteiger partial charge >= 0.3 is 24.1 Å². The topological polar surface area (TPSA) is 233 Å². The smallest absolute Gasteiger partial charge is 0.416 e. The normalized spacial score (nSPS) is 14.9. The Hall–Kier alpha value is -5.15. The number of carbonyl (C=O) groups is 4. The van der Waals surface area contributed by atoms with E-state index >= 15 is 0 Å². The maximum Gasteiger partial charge on any atom is 0.416 e. The Morgan fingerprint density at radius 3 is 2.13 bits per heavy atom. The number of hydrogen-bond acceptors (Lipinski definition) is 13. The average molecular weight is 943 g/mol. The minimum atomic E-state index is -4.76. The third-order valence-electron chi connectivity index (χ3n) is 8.13. The van der Waals surface area contributed by atoms with Crippen molar-refractivity contribution in [2.45, 2.75) is 50.7 Å². The molecule has 0 fully saturated rings. The number of benzene rings is 2. The summed E-state index contributed by atoms with van der Waals surface area (Å²) in [5.41, 5.74) is 2.00. The Morgan fingerprint density at radius 1 is 1.02 bits per heavy atom. The molecule has 5 rings (SSSR count). The van der Waals surface area contributed by atoms with Crippen LogP contribution in [0.4, 0.5) is 24.5 Å². The lowest BCUT2D eigenvalue weighted by Crippen LogP contribution is -2.48. The van der Waals surface area contributed by atoms with E-state index in [0.29, 0.717) is 34.1 Å². The summed E-state index contributed by atoms with van der Waals surface area (Å²) >= 11 is 23.2. The van der Waals surface area contributed by atoms with Crippen LogP contribution in [0.5, 0.6) is 0 Å². The minimum Gasteiger partial charge on any atom is -0.476 e. The summed E-state index contributed by atoms with van der Waals surface area (Å²) in [7, 11) is -2.77. The zero-order chi connectivity index (χ0) is 45.7. The predicted octanol–water partition coefficient (Wildman–Crippen LogP) is 6.79. The number of nitrogens with one attached hydrogen (secondary N) is 1. The maximum absolute atomic E-state index is 12.8. The van der Waals surface area contributed by atoms with Crippen molar-refractivity contribution in [3.8, 4) is 0 Å². The number of ether oxygens (including phenoxy) is 2. The largest absolute Gasteiger partial charge is 0.476 e. The number of pyridine rings is 1. The summed E-state index contributed by atoms with van der Waals surface area (Å²) in [5.74, 6) is -3.28. The molecule has 2 aromatic carbocycles. The lowest BCUT2D eigenvalue weighted by Gasteiger charge is -2.32. The summed E-state index contributed by atoms with van der Waals surface area (Å²) in [6, 6.07) is 7.88. The standard InChI is InChI=1S/C16H18Cl2N2O4.C14H13F3N2O4S.C6H4Cl2N2O2/c1-4-23-14(21)12-9-16(3,15(22)24-5-2)20(19-12)13-7-6-10(17)8-11(13)18;1-7-11(13(21)19(2)18-7)12(20)9-5-4-8(14(15,16)17)6-10(9)24(3,22)23;7-3-1-2(9)4(8)5(10-3)6(11)12/h6-8H,4-5,9H2,1-3H3;4-6,18H,1-3H3;1H,(H2,9,10)(H,11,12). The number of anilines is 2. The number of hydrogen-bond donors (Lipinski definition) is 3. The highest BCUT2D eigenvalue weighted by Gasteiger charge is 2.49. The molecule has 24 heteroatoms. The van der Waals surface area contributed by atoms with Crippen molar-refractivity contribution in [3.05, 3.63) is 101 Å². The van der Waals surface area contributed by atoms with Gasteiger partial charge in [0.15, 0.2) is 21.1 Å². The zero-order valence-electron chi connectivity index (χ0n) is 32.2.